The molecule has 0 unspecified atom stereocenters. The molecule has 1 aliphatic carbocycles. The van der Waals surface area contributed by atoms with E-state index in [2.05, 4.69) is 34.2 Å². The largest absolute Gasteiger partial charge is 0.391 e. The van der Waals surface area contributed by atoms with Crippen molar-refractivity contribution in [3.8, 4) is 0 Å². The van der Waals surface area contributed by atoms with Crippen molar-refractivity contribution >= 4 is 33.6 Å². The first-order valence-electron chi connectivity index (χ1n) is 12.1. The number of nitrogens with zero attached hydrogens (tertiary/aromatic N) is 4. The molecule has 2 aromatic carbocycles. The lowest BCUT2D eigenvalue weighted by molar-refractivity contribution is 0.0735. The van der Waals surface area contributed by atoms with E-state index < -0.39 is 6.10 Å². The summed E-state index contributed by atoms with van der Waals surface area (Å²) in [7, 11) is 2.05. The number of fused-ring (bicyclic) bond motifs is 4. The van der Waals surface area contributed by atoms with Crippen molar-refractivity contribution in [3.05, 3.63) is 82.0 Å². The van der Waals surface area contributed by atoms with Gasteiger partial charge in [0, 0.05) is 30.7 Å². The van der Waals surface area contributed by atoms with Gasteiger partial charge in [0.05, 0.1) is 35.1 Å². The molecule has 4 aromatic rings. The molecule has 2 atom stereocenters. The molecule has 0 saturated heterocycles. The van der Waals surface area contributed by atoms with Gasteiger partial charge in [0.25, 0.3) is 5.56 Å². The van der Waals surface area contributed by atoms with E-state index in [1.165, 1.54) is 5.56 Å². The Hall–Kier alpha value is -3.51. The number of aliphatic hydroxyl groups excluding tert-OH is 1. The van der Waals surface area contributed by atoms with Crippen LogP contribution in [0.1, 0.15) is 48.4 Å². The van der Waals surface area contributed by atoms with Gasteiger partial charge in [-0.15, -0.1) is 0 Å². The summed E-state index contributed by atoms with van der Waals surface area (Å²) in [4.78, 5) is 25.2. The topological polar surface area (TPSA) is 71.2 Å². The molecule has 2 aliphatic rings. The van der Waals surface area contributed by atoms with Gasteiger partial charge in [-0.05, 0) is 48.6 Å². The molecule has 6 nitrogen and oxygen atoms in total. The van der Waals surface area contributed by atoms with Crippen molar-refractivity contribution < 1.29 is 5.11 Å². The van der Waals surface area contributed by atoms with Gasteiger partial charge in [-0.3, -0.25) is 14.3 Å². The molecule has 0 radical (unpaired) electrons. The first kappa shape index (κ1) is 21.1. The van der Waals surface area contributed by atoms with E-state index in [-0.39, 0.29) is 11.6 Å². The fourth-order valence-electron chi connectivity index (χ4n) is 5.64. The standard InChI is InChI=1S/C28H28N4O2/c1-31-14-6-8-21-19(15-18-12-13-29-23-9-3-2-7-20(18)23)16-22-26(27(21)31)30-17-32(28(22)34)24-10-4-5-11-25(24)33/h2-3,6-9,12-13,16-17,24-25,33H,4-5,10-11,14-15H2,1H3/t24-,25-/m0/s1. The molecule has 0 spiro atoms. The minimum Gasteiger partial charge on any atom is -0.391 e. The Bertz CT molecular complexity index is 1480. The fourth-order valence-corrected chi connectivity index (χ4v) is 5.64. The molecule has 1 saturated carbocycles. The SMILES string of the molecule is CN1CC=Cc2c(Cc3ccnc4ccccc34)cc3c(=O)n([C@H]4CCCC[C@@H]4O)cnc3c21. The van der Waals surface area contributed by atoms with Crippen LogP contribution >= 0.6 is 0 Å². The molecule has 0 amide bonds. The molecule has 2 aromatic heterocycles. The van der Waals surface area contributed by atoms with Crippen LogP contribution < -0.4 is 10.5 Å². The second-order valence-electron chi connectivity index (χ2n) is 9.52. The number of aromatic nitrogens is 3. The van der Waals surface area contributed by atoms with Gasteiger partial charge in [0.2, 0.25) is 0 Å². The summed E-state index contributed by atoms with van der Waals surface area (Å²) in [5.74, 6) is 0. The minimum absolute atomic E-state index is 0.0671. The quantitative estimate of drug-likeness (QED) is 0.496. The van der Waals surface area contributed by atoms with Crippen LogP contribution in [0.25, 0.3) is 27.9 Å². The maximum Gasteiger partial charge on any atom is 0.261 e. The number of anilines is 1. The maximum absolute atomic E-state index is 13.7. The Labute approximate surface area is 198 Å². The Kier molecular flexibility index (Phi) is 5.18. The molecule has 6 heteroatoms. The van der Waals surface area contributed by atoms with Crippen molar-refractivity contribution in [2.45, 2.75) is 44.2 Å². The van der Waals surface area contributed by atoms with Gasteiger partial charge in [-0.2, -0.15) is 0 Å². The second-order valence-corrected chi connectivity index (χ2v) is 9.52. The molecule has 1 N–H and O–H groups in total. The lowest BCUT2D eigenvalue weighted by Crippen LogP contribution is -2.35. The fraction of sp³-hybridized carbons (Fsp3) is 0.321. The molecule has 6 rings (SSSR count). The number of aliphatic hydroxyl groups is 1. The minimum atomic E-state index is -0.503. The molecule has 1 aliphatic heterocycles. The van der Waals surface area contributed by atoms with E-state index in [0.717, 1.165) is 65.5 Å². The predicted molar refractivity (Wildman–Crippen MR) is 136 cm³/mol. The van der Waals surface area contributed by atoms with Crippen molar-refractivity contribution in [3.63, 3.8) is 0 Å². The maximum atomic E-state index is 13.7. The van der Waals surface area contributed by atoms with E-state index in [1.807, 2.05) is 37.5 Å². The van der Waals surface area contributed by atoms with E-state index in [0.29, 0.717) is 11.8 Å². The zero-order chi connectivity index (χ0) is 23.2. The lowest BCUT2D eigenvalue weighted by Gasteiger charge is -2.30. The molecule has 172 valence electrons. The number of benzene rings is 2. The van der Waals surface area contributed by atoms with Gasteiger partial charge in [-0.1, -0.05) is 43.2 Å². The van der Waals surface area contributed by atoms with Gasteiger partial charge in [-0.25, -0.2) is 4.98 Å². The number of likely N-dealkylation sites (N-methyl/N-ethyl adjacent to an activating group) is 1. The van der Waals surface area contributed by atoms with Crippen LogP contribution in [-0.4, -0.2) is 39.3 Å². The normalized spacial score (nSPS) is 20.1. The third-order valence-corrected chi connectivity index (χ3v) is 7.39. The number of hydrogen-bond donors (Lipinski definition) is 1. The summed E-state index contributed by atoms with van der Waals surface area (Å²) in [5.41, 5.74) is 6.03. The van der Waals surface area contributed by atoms with Crippen molar-refractivity contribution in [1.82, 2.24) is 14.5 Å². The Balaban J connectivity index is 1.56. The second kappa shape index (κ2) is 8.37. The monoisotopic (exact) mass is 452 g/mol. The number of para-hydroxylation sites is 1. The van der Waals surface area contributed by atoms with E-state index in [4.69, 9.17) is 4.98 Å². The van der Waals surface area contributed by atoms with Crippen LogP contribution in [0.5, 0.6) is 0 Å². The predicted octanol–water partition coefficient (Wildman–Crippen LogP) is 4.47. The summed E-state index contributed by atoms with van der Waals surface area (Å²) in [6.07, 6.45) is 11.6. The number of hydrogen-bond acceptors (Lipinski definition) is 5. The third kappa shape index (κ3) is 3.41. The number of rotatable bonds is 3. The average molecular weight is 453 g/mol. The molecular weight excluding hydrogens is 424 g/mol. The summed E-state index contributed by atoms with van der Waals surface area (Å²) in [6, 6.07) is 12.0. The smallest absolute Gasteiger partial charge is 0.261 e. The van der Waals surface area contributed by atoms with Crippen LogP contribution in [0.2, 0.25) is 0 Å². The van der Waals surface area contributed by atoms with Crippen molar-refractivity contribution in [2.75, 3.05) is 18.5 Å². The molecular formula is C28H28N4O2. The Morgan fingerprint density at radius 1 is 1.06 bits per heavy atom. The van der Waals surface area contributed by atoms with Crippen LogP contribution in [0.15, 0.2) is 59.8 Å². The van der Waals surface area contributed by atoms with Crippen LogP contribution in [0.4, 0.5) is 5.69 Å². The summed E-state index contributed by atoms with van der Waals surface area (Å²) in [6.45, 7) is 0.774. The van der Waals surface area contributed by atoms with Crippen LogP contribution in [-0.2, 0) is 6.42 Å². The van der Waals surface area contributed by atoms with Crippen molar-refractivity contribution in [2.24, 2.45) is 0 Å². The first-order chi connectivity index (χ1) is 16.6. The van der Waals surface area contributed by atoms with Crippen molar-refractivity contribution in [1.29, 1.82) is 0 Å². The van der Waals surface area contributed by atoms with Crippen LogP contribution in [0.3, 0.4) is 0 Å². The summed E-state index contributed by atoms with van der Waals surface area (Å²) in [5, 5.41) is 12.3. The van der Waals surface area contributed by atoms with E-state index in [1.54, 1.807) is 10.9 Å². The lowest BCUT2D eigenvalue weighted by atomic mass is 9.91. The number of pyridine rings is 1. The zero-order valence-corrected chi connectivity index (χ0v) is 19.3. The highest BCUT2D eigenvalue weighted by atomic mass is 16.3. The highest BCUT2D eigenvalue weighted by molar-refractivity contribution is 5.97. The van der Waals surface area contributed by atoms with E-state index in [9.17, 15) is 9.90 Å². The van der Waals surface area contributed by atoms with E-state index >= 15 is 0 Å². The van der Waals surface area contributed by atoms with Gasteiger partial charge >= 0.3 is 0 Å². The highest BCUT2D eigenvalue weighted by Crippen LogP contribution is 2.36. The molecule has 34 heavy (non-hydrogen) atoms. The average Bonchev–Trinajstić information content (AvgIpc) is 2.86. The summed E-state index contributed by atoms with van der Waals surface area (Å²) >= 11 is 0. The third-order valence-electron chi connectivity index (χ3n) is 7.39. The molecule has 3 heterocycles. The van der Waals surface area contributed by atoms with Gasteiger partial charge in [0.15, 0.2) is 0 Å². The summed E-state index contributed by atoms with van der Waals surface area (Å²) < 4.78 is 1.67. The zero-order valence-electron chi connectivity index (χ0n) is 19.3. The Morgan fingerprint density at radius 2 is 1.91 bits per heavy atom. The molecule has 1 fully saturated rings. The Morgan fingerprint density at radius 3 is 2.79 bits per heavy atom. The van der Waals surface area contributed by atoms with Gasteiger partial charge < -0.3 is 10.0 Å². The van der Waals surface area contributed by atoms with Crippen LogP contribution in [0, 0.1) is 0 Å². The highest BCUT2D eigenvalue weighted by Gasteiger charge is 2.27. The first-order valence-corrected chi connectivity index (χ1v) is 12.1. The molecule has 0 bridgehead atoms. The van der Waals surface area contributed by atoms with Gasteiger partial charge in [0.1, 0.15) is 5.52 Å².